The summed E-state index contributed by atoms with van der Waals surface area (Å²) < 4.78 is 5.12. The number of fused-ring (bicyclic) bond motifs is 1. The summed E-state index contributed by atoms with van der Waals surface area (Å²) in [7, 11) is 1.61. The van der Waals surface area contributed by atoms with Crippen LogP contribution in [0.4, 0.5) is 5.69 Å². The number of ether oxygens (including phenoxy) is 1. The van der Waals surface area contributed by atoms with E-state index in [4.69, 9.17) is 10.5 Å². The highest BCUT2D eigenvalue weighted by atomic mass is 16.5. The van der Waals surface area contributed by atoms with Crippen molar-refractivity contribution in [1.82, 2.24) is 10.2 Å². The highest BCUT2D eigenvalue weighted by Gasteiger charge is 2.03. The fraction of sp³-hybridized carbons (Fsp3) is 0.125. The molecule has 0 aliphatic carbocycles. The molecule has 0 aliphatic heterocycles. The number of H-pyrrole nitrogens is 1. The molecule has 0 atom stereocenters. The van der Waals surface area contributed by atoms with E-state index in [1.807, 2.05) is 6.07 Å². The van der Waals surface area contributed by atoms with E-state index in [-0.39, 0.29) is 0 Å². The summed E-state index contributed by atoms with van der Waals surface area (Å²) in [6.45, 7) is 0. The molecule has 0 radical (unpaired) electrons. The molecule has 1 heterocycles. The van der Waals surface area contributed by atoms with Crippen LogP contribution in [0.25, 0.3) is 10.9 Å². The molecule has 62 valence electrons. The van der Waals surface area contributed by atoms with E-state index in [1.54, 1.807) is 19.4 Å². The van der Waals surface area contributed by atoms with Gasteiger partial charge in [0.15, 0.2) is 0 Å². The summed E-state index contributed by atoms with van der Waals surface area (Å²) in [6, 6.07) is 3.61. The zero-order chi connectivity index (χ0) is 8.55. The van der Waals surface area contributed by atoms with Crippen LogP contribution in [0.15, 0.2) is 18.3 Å². The minimum atomic E-state index is 0.681. The Bertz CT molecular complexity index is 408. The lowest BCUT2D eigenvalue weighted by molar-refractivity contribution is 0.419. The first kappa shape index (κ1) is 6.97. The van der Waals surface area contributed by atoms with Gasteiger partial charge in [0, 0.05) is 17.1 Å². The highest BCUT2D eigenvalue weighted by Crippen LogP contribution is 2.25. The van der Waals surface area contributed by atoms with Gasteiger partial charge in [0.2, 0.25) is 0 Å². The number of aromatic nitrogens is 2. The van der Waals surface area contributed by atoms with E-state index in [0.717, 1.165) is 16.7 Å². The second kappa shape index (κ2) is 2.41. The van der Waals surface area contributed by atoms with Gasteiger partial charge in [-0.05, 0) is 6.07 Å². The maximum Gasteiger partial charge on any atom is 0.146 e. The minimum Gasteiger partial charge on any atom is -0.494 e. The smallest absolute Gasteiger partial charge is 0.146 e. The summed E-state index contributed by atoms with van der Waals surface area (Å²) in [5, 5.41) is 7.69. The quantitative estimate of drug-likeness (QED) is 0.620. The minimum absolute atomic E-state index is 0.681. The van der Waals surface area contributed by atoms with E-state index in [1.165, 1.54) is 0 Å². The van der Waals surface area contributed by atoms with Crippen LogP contribution in [-0.4, -0.2) is 17.3 Å². The second-order valence-electron chi connectivity index (χ2n) is 2.56. The molecule has 4 nitrogen and oxygen atoms in total. The zero-order valence-electron chi connectivity index (χ0n) is 6.66. The number of rotatable bonds is 1. The fourth-order valence-electron chi connectivity index (χ4n) is 1.21. The van der Waals surface area contributed by atoms with Gasteiger partial charge in [-0.15, -0.1) is 0 Å². The lowest BCUT2D eigenvalue weighted by Crippen LogP contribution is -1.88. The van der Waals surface area contributed by atoms with Gasteiger partial charge in [0.25, 0.3) is 0 Å². The number of methoxy groups -OCH3 is 1. The van der Waals surface area contributed by atoms with Crippen LogP contribution < -0.4 is 10.5 Å². The Morgan fingerprint density at radius 3 is 3.08 bits per heavy atom. The zero-order valence-corrected chi connectivity index (χ0v) is 6.66. The molecule has 12 heavy (non-hydrogen) atoms. The van der Waals surface area contributed by atoms with Gasteiger partial charge in [-0.3, -0.25) is 5.10 Å². The maximum atomic E-state index is 5.64. The number of benzene rings is 1. The highest BCUT2D eigenvalue weighted by molar-refractivity contribution is 5.87. The SMILES string of the molecule is COc1cc(N)cc2cn[nH]c12. The molecule has 2 aromatic rings. The summed E-state index contributed by atoms with van der Waals surface area (Å²) in [5.74, 6) is 0.725. The third-order valence-electron chi connectivity index (χ3n) is 1.75. The van der Waals surface area contributed by atoms with Gasteiger partial charge >= 0.3 is 0 Å². The number of nitrogens with zero attached hydrogens (tertiary/aromatic N) is 1. The Balaban J connectivity index is 2.80. The number of aromatic amines is 1. The van der Waals surface area contributed by atoms with Gasteiger partial charge < -0.3 is 10.5 Å². The Labute approximate surface area is 69.3 Å². The van der Waals surface area contributed by atoms with Crippen LogP contribution >= 0.6 is 0 Å². The predicted octanol–water partition coefficient (Wildman–Crippen LogP) is 1.15. The van der Waals surface area contributed by atoms with Crippen molar-refractivity contribution in [2.24, 2.45) is 0 Å². The van der Waals surface area contributed by atoms with Gasteiger partial charge in [-0.2, -0.15) is 5.10 Å². The molecule has 0 saturated heterocycles. The van der Waals surface area contributed by atoms with E-state index >= 15 is 0 Å². The van der Waals surface area contributed by atoms with Gasteiger partial charge in [0.1, 0.15) is 11.3 Å². The molecule has 0 fully saturated rings. The summed E-state index contributed by atoms with van der Waals surface area (Å²) in [4.78, 5) is 0. The number of hydrogen-bond donors (Lipinski definition) is 2. The molecule has 1 aromatic heterocycles. The van der Waals surface area contributed by atoms with Crippen LogP contribution in [0.2, 0.25) is 0 Å². The molecule has 0 bridgehead atoms. The molecule has 0 unspecified atom stereocenters. The van der Waals surface area contributed by atoms with E-state index in [2.05, 4.69) is 10.2 Å². The number of hydrogen-bond acceptors (Lipinski definition) is 3. The predicted molar refractivity (Wildman–Crippen MR) is 47.1 cm³/mol. The molecular weight excluding hydrogens is 154 g/mol. The Morgan fingerprint density at radius 1 is 1.50 bits per heavy atom. The summed E-state index contributed by atoms with van der Waals surface area (Å²) in [5.41, 5.74) is 7.20. The largest absolute Gasteiger partial charge is 0.494 e. The fourth-order valence-corrected chi connectivity index (χ4v) is 1.21. The normalized spacial score (nSPS) is 10.4. The molecule has 0 aliphatic rings. The number of nitrogens with two attached hydrogens (primary N) is 1. The average Bonchev–Trinajstić information content (AvgIpc) is 2.50. The standard InChI is InChI=1S/C8H9N3O/c1-12-7-3-6(9)2-5-4-10-11-8(5)7/h2-4H,9H2,1H3,(H,10,11). The Kier molecular flexibility index (Phi) is 1.40. The van der Waals surface area contributed by atoms with Crippen molar-refractivity contribution in [3.63, 3.8) is 0 Å². The molecule has 0 amide bonds. The summed E-state index contributed by atoms with van der Waals surface area (Å²) in [6.07, 6.45) is 1.72. The topological polar surface area (TPSA) is 63.9 Å². The average molecular weight is 163 g/mol. The lowest BCUT2D eigenvalue weighted by Gasteiger charge is -2.01. The van der Waals surface area contributed by atoms with Crippen LogP contribution in [-0.2, 0) is 0 Å². The maximum absolute atomic E-state index is 5.64. The monoisotopic (exact) mass is 163 g/mol. The Morgan fingerprint density at radius 2 is 2.33 bits per heavy atom. The van der Waals surface area contributed by atoms with Gasteiger partial charge in [-0.25, -0.2) is 0 Å². The third-order valence-corrected chi connectivity index (χ3v) is 1.75. The molecule has 4 heteroatoms. The first-order valence-electron chi connectivity index (χ1n) is 3.58. The van der Waals surface area contributed by atoms with Crippen LogP contribution in [0.1, 0.15) is 0 Å². The van der Waals surface area contributed by atoms with Crippen molar-refractivity contribution in [3.05, 3.63) is 18.3 Å². The molecular formula is C8H9N3O. The number of nitrogen functional groups attached to an aromatic ring is 1. The van der Waals surface area contributed by atoms with Crippen molar-refractivity contribution in [3.8, 4) is 5.75 Å². The van der Waals surface area contributed by atoms with Crippen LogP contribution in [0, 0.1) is 0 Å². The second-order valence-corrected chi connectivity index (χ2v) is 2.56. The first-order chi connectivity index (χ1) is 5.81. The molecule has 3 N–H and O–H groups in total. The molecule has 2 rings (SSSR count). The number of anilines is 1. The lowest BCUT2D eigenvalue weighted by atomic mass is 10.2. The van der Waals surface area contributed by atoms with Crippen molar-refractivity contribution in [2.75, 3.05) is 12.8 Å². The first-order valence-corrected chi connectivity index (χ1v) is 3.58. The van der Waals surface area contributed by atoms with E-state index < -0.39 is 0 Å². The van der Waals surface area contributed by atoms with E-state index in [0.29, 0.717) is 5.69 Å². The molecule has 0 saturated carbocycles. The third kappa shape index (κ3) is 0.887. The van der Waals surface area contributed by atoms with Crippen molar-refractivity contribution >= 4 is 16.6 Å². The van der Waals surface area contributed by atoms with Crippen LogP contribution in [0.5, 0.6) is 5.75 Å². The molecule has 1 aromatic carbocycles. The van der Waals surface area contributed by atoms with Gasteiger partial charge in [0.05, 0.1) is 13.3 Å². The van der Waals surface area contributed by atoms with Gasteiger partial charge in [-0.1, -0.05) is 0 Å². The van der Waals surface area contributed by atoms with Crippen molar-refractivity contribution in [2.45, 2.75) is 0 Å². The summed E-state index contributed by atoms with van der Waals surface area (Å²) >= 11 is 0. The van der Waals surface area contributed by atoms with Crippen LogP contribution in [0.3, 0.4) is 0 Å². The Hall–Kier alpha value is -1.71. The number of nitrogens with one attached hydrogen (secondary N) is 1. The van der Waals surface area contributed by atoms with E-state index in [9.17, 15) is 0 Å². The van der Waals surface area contributed by atoms with Crippen molar-refractivity contribution in [1.29, 1.82) is 0 Å². The molecule has 0 spiro atoms. The van der Waals surface area contributed by atoms with Crippen molar-refractivity contribution < 1.29 is 4.74 Å².